The molecule has 1 heteroatoms. The summed E-state index contributed by atoms with van der Waals surface area (Å²) in [4.78, 5) is 0. The number of aliphatic hydroxyl groups is 1. The summed E-state index contributed by atoms with van der Waals surface area (Å²) in [7, 11) is 0. The molecule has 2 rings (SSSR count). The van der Waals surface area contributed by atoms with E-state index in [1.807, 2.05) is 0 Å². The minimum absolute atomic E-state index is 0.154. The standard InChI is InChI=1S/C15H22O/c1-3-11(4-2)15(16)14-10-9-12-7-5-6-8-13(12)14/h5-8,11,14-16H,3-4,9-10H2,1-2H3. The van der Waals surface area contributed by atoms with Crippen LogP contribution >= 0.6 is 0 Å². The first-order chi connectivity index (χ1) is 7.77. The molecule has 1 aliphatic rings. The Balaban J connectivity index is 2.18. The Morgan fingerprint density at radius 2 is 1.94 bits per heavy atom. The Bertz CT molecular complexity index is 341. The van der Waals surface area contributed by atoms with Crippen LogP contribution in [0.1, 0.15) is 50.2 Å². The molecule has 2 unspecified atom stereocenters. The van der Waals surface area contributed by atoms with Crippen LogP contribution in [0.25, 0.3) is 0 Å². The zero-order chi connectivity index (χ0) is 11.5. The summed E-state index contributed by atoms with van der Waals surface area (Å²) in [6.07, 6.45) is 4.26. The van der Waals surface area contributed by atoms with Gasteiger partial charge in [-0.2, -0.15) is 0 Å². The Hall–Kier alpha value is -0.820. The molecule has 1 N–H and O–H groups in total. The van der Waals surface area contributed by atoms with Crippen molar-refractivity contribution in [3.05, 3.63) is 35.4 Å². The molecule has 0 aromatic heterocycles. The summed E-state index contributed by atoms with van der Waals surface area (Å²) >= 11 is 0. The highest BCUT2D eigenvalue weighted by Crippen LogP contribution is 2.38. The third-order valence-electron chi connectivity index (χ3n) is 4.12. The zero-order valence-corrected chi connectivity index (χ0v) is 10.3. The number of aryl methyl sites for hydroxylation is 1. The highest BCUT2D eigenvalue weighted by molar-refractivity contribution is 5.35. The van der Waals surface area contributed by atoms with Gasteiger partial charge in [-0.1, -0.05) is 51.0 Å². The maximum Gasteiger partial charge on any atom is 0.0636 e. The highest BCUT2D eigenvalue weighted by Gasteiger charge is 2.31. The van der Waals surface area contributed by atoms with Crippen molar-refractivity contribution >= 4 is 0 Å². The molecule has 2 atom stereocenters. The SMILES string of the molecule is CCC(CC)C(O)C1CCc2ccccc21. The molecule has 0 aliphatic heterocycles. The van der Waals surface area contributed by atoms with E-state index in [1.54, 1.807) is 0 Å². The molecule has 1 aromatic carbocycles. The van der Waals surface area contributed by atoms with Gasteiger partial charge in [0, 0.05) is 5.92 Å². The van der Waals surface area contributed by atoms with E-state index in [9.17, 15) is 5.11 Å². The van der Waals surface area contributed by atoms with Gasteiger partial charge in [0.05, 0.1) is 6.10 Å². The van der Waals surface area contributed by atoms with E-state index in [4.69, 9.17) is 0 Å². The topological polar surface area (TPSA) is 20.2 Å². The number of rotatable bonds is 4. The molecule has 1 aromatic rings. The largest absolute Gasteiger partial charge is 0.392 e. The summed E-state index contributed by atoms with van der Waals surface area (Å²) in [6, 6.07) is 8.59. The van der Waals surface area contributed by atoms with Crippen molar-refractivity contribution in [2.75, 3.05) is 0 Å². The molecule has 0 amide bonds. The third kappa shape index (κ3) is 2.01. The van der Waals surface area contributed by atoms with Gasteiger partial charge < -0.3 is 5.11 Å². The average Bonchev–Trinajstić information content (AvgIpc) is 2.74. The van der Waals surface area contributed by atoms with Gasteiger partial charge >= 0.3 is 0 Å². The van der Waals surface area contributed by atoms with Crippen molar-refractivity contribution < 1.29 is 5.11 Å². The van der Waals surface area contributed by atoms with Crippen LogP contribution in [0.15, 0.2) is 24.3 Å². The second-order valence-corrected chi connectivity index (χ2v) is 4.91. The van der Waals surface area contributed by atoms with Crippen molar-refractivity contribution in [3.8, 4) is 0 Å². The highest BCUT2D eigenvalue weighted by atomic mass is 16.3. The van der Waals surface area contributed by atoms with E-state index in [0.29, 0.717) is 11.8 Å². The summed E-state index contributed by atoms with van der Waals surface area (Å²) in [5, 5.41) is 10.5. The zero-order valence-electron chi connectivity index (χ0n) is 10.3. The molecule has 0 radical (unpaired) electrons. The van der Waals surface area contributed by atoms with E-state index in [0.717, 1.165) is 25.7 Å². The summed E-state index contributed by atoms with van der Waals surface area (Å²) in [6.45, 7) is 4.36. The van der Waals surface area contributed by atoms with Gasteiger partial charge in [-0.15, -0.1) is 0 Å². The van der Waals surface area contributed by atoms with Crippen molar-refractivity contribution in [1.29, 1.82) is 0 Å². The van der Waals surface area contributed by atoms with E-state index >= 15 is 0 Å². The molecule has 0 spiro atoms. The normalized spacial score (nSPS) is 21.1. The van der Waals surface area contributed by atoms with E-state index in [2.05, 4.69) is 38.1 Å². The van der Waals surface area contributed by atoms with Crippen LogP contribution in [0, 0.1) is 5.92 Å². The van der Waals surface area contributed by atoms with E-state index < -0.39 is 0 Å². The molecule has 0 fully saturated rings. The first-order valence-corrected chi connectivity index (χ1v) is 6.53. The molecular weight excluding hydrogens is 196 g/mol. The van der Waals surface area contributed by atoms with Gasteiger partial charge in [0.1, 0.15) is 0 Å². The molecule has 1 aliphatic carbocycles. The summed E-state index contributed by atoms with van der Waals surface area (Å²) in [5.41, 5.74) is 2.83. The lowest BCUT2D eigenvalue weighted by Crippen LogP contribution is -2.25. The number of hydrogen-bond acceptors (Lipinski definition) is 1. The van der Waals surface area contributed by atoms with Gasteiger partial charge in [-0.25, -0.2) is 0 Å². The lowest BCUT2D eigenvalue weighted by molar-refractivity contribution is 0.0759. The third-order valence-corrected chi connectivity index (χ3v) is 4.12. The lowest BCUT2D eigenvalue weighted by atomic mass is 9.84. The molecule has 1 nitrogen and oxygen atoms in total. The van der Waals surface area contributed by atoms with Crippen LogP contribution in [0.3, 0.4) is 0 Å². The van der Waals surface area contributed by atoms with Gasteiger partial charge in [0.25, 0.3) is 0 Å². The Labute approximate surface area is 98.5 Å². The molecule has 88 valence electrons. The Morgan fingerprint density at radius 3 is 2.62 bits per heavy atom. The second kappa shape index (κ2) is 5.01. The number of aliphatic hydroxyl groups excluding tert-OH is 1. The maximum absolute atomic E-state index is 10.5. The quantitative estimate of drug-likeness (QED) is 0.820. The second-order valence-electron chi connectivity index (χ2n) is 4.91. The first kappa shape index (κ1) is 11.7. The Morgan fingerprint density at radius 1 is 1.25 bits per heavy atom. The molecule has 0 saturated heterocycles. The van der Waals surface area contributed by atoms with Crippen molar-refractivity contribution in [2.24, 2.45) is 5.92 Å². The minimum Gasteiger partial charge on any atom is -0.392 e. The van der Waals surface area contributed by atoms with Crippen LogP contribution < -0.4 is 0 Å². The van der Waals surface area contributed by atoms with E-state index in [-0.39, 0.29) is 6.10 Å². The van der Waals surface area contributed by atoms with Gasteiger partial charge in [0.2, 0.25) is 0 Å². The van der Waals surface area contributed by atoms with Crippen molar-refractivity contribution in [2.45, 2.75) is 51.6 Å². The number of fused-ring (bicyclic) bond motifs is 1. The van der Waals surface area contributed by atoms with Crippen LogP contribution in [0.4, 0.5) is 0 Å². The fourth-order valence-electron chi connectivity index (χ4n) is 3.05. The van der Waals surface area contributed by atoms with Crippen LogP contribution in [0.2, 0.25) is 0 Å². The molecule has 16 heavy (non-hydrogen) atoms. The van der Waals surface area contributed by atoms with Crippen LogP contribution in [-0.2, 0) is 6.42 Å². The number of benzene rings is 1. The smallest absolute Gasteiger partial charge is 0.0636 e. The van der Waals surface area contributed by atoms with Crippen molar-refractivity contribution in [1.82, 2.24) is 0 Å². The predicted molar refractivity (Wildman–Crippen MR) is 67.6 cm³/mol. The molecule has 0 saturated carbocycles. The van der Waals surface area contributed by atoms with Crippen molar-refractivity contribution in [3.63, 3.8) is 0 Å². The number of hydrogen-bond donors (Lipinski definition) is 1. The predicted octanol–water partition coefficient (Wildman–Crippen LogP) is 3.51. The molecule has 0 heterocycles. The van der Waals surface area contributed by atoms with Gasteiger partial charge in [-0.3, -0.25) is 0 Å². The lowest BCUT2D eigenvalue weighted by Gasteiger charge is -2.26. The first-order valence-electron chi connectivity index (χ1n) is 6.53. The average molecular weight is 218 g/mol. The monoisotopic (exact) mass is 218 g/mol. The fourth-order valence-corrected chi connectivity index (χ4v) is 3.05. The van der Waals surface area contributed by atoms with Gasteiger partial charge in [0.15, 0.2) is 0 Å². The summed E-state index contributed by atoms with van der Waals surface area (Å²) < 4.78 is 0. The van der Waals surface area contributed by atoms with Gasteiger partial charge in [-0.05, 0) is 29.9 Å². The van der Waals surface area contributed by atoms with E-state index in [1.165, 1.54) is 11.1 Å². The van der Waals surface area contributed by atoms with Crippen LogP contribution in [0.5, 0.6) is 0 Å². The summed E-state index contributed by atoms with van der Waals surface area (Å²) in [5.74, 6) is 0.831. The fraction of sp³-hybridized carbons (Fsp3) is 0.600. The molecular formula is C15H22O. The van der Waals surface area contributed by atoms with Crippen LogP contribution in [-0.4, -0.2) is 11.2 Å². The molecule has 0 bridgehead atoms. The minimum atomic E-state index is -0.154. The maximum atomic E-state index is 10.5. The Kier molecular flexibility index (Phi) is 3.65.